The lowest BCUT2D eigenvalue weighted by Gasteiger charge is -2.33. The number of nitrogens with one attached hydrogen (secondary N) is 1. The first kappa shape index (κ1) is 14.4. The van der Waals surface area contributed by atoms with Gasteiger partial charge in [0, 0.05) is 13.1 Å². The average molecular weight is 276 g/mol. The lowest BCUT2D eigenvalue weighted by Crippen LogP contribution is -2.56. The second-order valence-electron chi connectivity index (χ2n) is 5.03. The van der Waals surface area contributed by atoms with Gasteiger partial charge in [0.2, 0.25) is 11.8 Å². The molecule has 0 radical (unpaired) electrons. The molecule has 1 aromatic rings. The van der Waals surface area contributed by atoms with Crippen molar-refractivity contribution in [3.8, 4) is 5.75 Å². The number of benzene rings is 1. The minimum absolute atomic E-state index is 0.0167. The van der Waals surface area contributed by atoms with E-state index in [0.29, 0.717) is 19.5 Å². The number of aryl methyl sites for hydroxylation is 1. The molecule has 1 saturated heterocycles. The van der Waals surface area contributed by atoms with Gasteiger partial charge >= 0.3 is 0 Å². The van der Waals surface area contributed by atoms with Gasteiger partial charge in [-0.15, -0.1) is 0 Å². The third kappa shape index (κ3) is 2.92. The topological polar surface area (TPSA) is 58.6 Å². The highest BCUT2D eigenvalue weighted by Crippen LogP contribution is 2.19. The first-order valence-electron chi connectivity index (χ1n) is 6.73. The Morgan fingerprint density at radius 1 is 1.50 bits per heavy atom. The summed E-state index contributed by atoms with van der Waals surface area (Å²) in [5.74, 6) is 0.708. The standard InChI is InChI=1S/C15H20N2O3/c1-10-8-12(4-5-13(10)20-3)9-14(18)17-7-6-16-15(19)11(17)2/h4-5,8,11H,6-7,9H2,1-3H3,(H,16,19)/t11-/m1/s1. The van der Waals surface area contributed by atoms with Crippen LogP contribution in [0.25, 0.3) is 0 Å². The Balaban J connectivity index is 2.07. The van der Waals surface area contributed by atoms with Gasteiger partial charge in [-0.05, 0) is 31.0 Å². The number of nitrogens with zero attached hydrogens (tertiary/aromatic N) is 1. The summed E-state index contributed by atoms with van der Waals surface area (Å²) >= 11 is 0. The number of carbonyl (C=O) groups is 2. The lowest BCUT2D eigenvalue weighted by molar-refractivity contribution is -0.142. The van der Waals surface area contributed by atoms with E-state index in [1.54, 1.807) is 18.9 Å². The SMILES string of the molecule is COc1ccc(CC(=O)N2CCNC(=O)[C@H]2C)cc1C. The summed E-state index contributed by atoms with van der Waals surface area (Å²) in [6, 6.07) is 5.31. The molecule has 0 aliphatic carbocycles. The van der Waals surface area contributed by atoms with Gasteiger partial charge in [-0.2, -0.15) is 0 Å². The number of carbonyl (C=O) groups excluding carboxylic acids is 2. The fraction of sp³-hybridized carbons (Fsp3) is 0.467. The van der Waals surface area contributed by atoms with Gasteiger partial charge in [-0.25, -0.2) is 0 Å². The molecule has 108 valence electrons. The first-order chi connectivity index (χ1) is 9.52. The number of hydrogen-bond donors (Lipinski definition) is 1. The van der Waals surface area contributed by atoms with Gasteiger partial charge in [0.15, 0.2) is 0 Å². The first-order valence-corrected chi connectivity index (χ1v) is 6.73. The molecule has 1 aliphatic heterocycles. The Morgan fingerprint density at radius 2 is 2.25 bits per heavy atom. The summed E-state index contributed by atoms with van der Waals surface area (Å²) in [6.07, 6.45) is 0.308. The van der Waals surface area contributed by atoms with Crippen LogP contribution in [0, 0.1) is 6.92 Å². The maximum atomic E-state index is 12.3. The van der Waals surface area contributed by atoms with Crippen molar-refractivity contribution in [1.29, 1.82) is 0 Å². The lowest BCUT2D eigenvalue weighted by atomic mass is 10.1. The molecule has 2 amide bonds. The molecule has 1 heterocycles. The van der Waals surface area contributed by atoms with Crippen LogP contribution in [0.15, 0.2) is 18.2 Å². The predicted molar refractivity (Wildman–Crippen MR) is 75.6 cm³/mol. The Hall–Kier alpha value is -2.04. The van der Waals surface area contributed by atoms with Crippen molar-refractivity contribution >= 4 is 11.8 Å². The van der Waals surface area contributed by atoms with Crippen LogP contribution in [-0.4, -0.2) is 43.0 Å². The van der Waals surface area contributed by atoms with Gasteiger partial charge in [0.1, 0.15) is 11.8 Å². The molecule has 0 unspecified atom stereocenters. The number of amides is 2. The van der Waals surface area contributed by atoms with E-state index in [-0.39, 0.29) is 11.8 Å². The fourth-order valence-corrected chi connectivity index (χ4v) is 2.45. The molecule has 5 nitrogen and oxygen atoms in total. The maximum Gasteiger partial charge on any atom is 0.242 e. The Kier molecular flexibility index (Phi) is 4.27. The van der Waals surface area contributed by atoms with Crippen LogP contribution >= 0.6 is 0 Å². The van der Waals surface area contributed by atoms with Gasteiger partial charge in [0.05, 0.1) is 13.5 Å². The largest absolute Gasteiger partial charge is 0.496 e. The van der Waals surface area contributed by atoms with Crippen molar-refractivity contribution in [2.45, 2.75) is 26.3 Å². The monoisotopic (exact) mass is 276 g/mol. The Labute approximate surface area is 118 Å². The second-order valence-corrected chi connectivity index (χ2v) is 5.03. The van der Waals surface area contributed by atoms with Crippen molar-refractivity contribution in [3.63, 3.8) is 0 Å². The van der Waals surface area contributed by atoms with Crippen LogP contribution < -0.4 is 10.1 Å². The van der Waals surface area contributed by atoms with Crippen molar-refractivity contribution in [3.05, 3.63) is 29.3 Å². The van der Waals surface area contributed by atoms with E-state index in [2.05, 4.69) is 5.32 Å². The Bertz CT molecular complexity index is 528. The zero-order valence-electron chi connectivity index (χ0n) is 12.1. The van der Waals surface area contributed by atoms with Crippen LogP contribution in [0.5, 0.6) is 5.75 Å². The van der Waals surface area contributed by atoms with E-state index in [1.807, 2.05) is 25.1 Å². The van der Waals surface area contributed by atoms with Crippen LogP contribution in [0.3, 0.4) is 0 Å². The highest BCUT2D eigenvalue weighted by Gasteiger charge is 2.28. The van der Waals surface area contributed by atoms with E-state index in [9.17, 15) is 9.59 Å². The van der Waals surface area contributed by atoms with Crippen LogP contribution in [-0.2, 0) is 16.0 Å². The quantitative estimate of drug-likeness (QED) is 0.892. The van der Waals surface area contributed by atoms with Crippen LogP contribution in [0.1, 0.15) is 18.1 Å². The van der Waals surface area contributed by atoms with Gasteiger partial charge in [-0.3, -0.25) is 9.59 Å². The molecular formula is C15H20N2O3. The highest BCUT2D eigenvalue weighted by atomic mass is 16.5. The highest BCUT2D eigenvalue weighted by molar-refractivity contribution is 5.89. The van der Waals surface area contributed by atoms with E-state index in [4.69, 9.17) is 4.74 Å². The van der Waals surface area contributed by atoms with E-state index >= 15 is 0 Å². The van der Waals surface area contributed by atoms with Crippen LogP contribution in [0.4, 0.5) is 0 Å². The molecule has 0 bridgehead atoms. The van der Waals surface area contributed by atoms with Crippen molar-refractivity contribution in [2.24, 2.45) is 0 Å². The van der Waals surface area contributed by atoms with Crippen molar-refractivity contribution in [1.82, 2.24) is 10.2 Å². The normalized spacial score (nSPS) is 18.6. The average Bonchev–Trinajstić information content (AvgIpc) is 2.42. The summed E-state index contributed by atoms with van der Waals surface area (Å²) in [6.45, 7) is 4.80. The molecule has 1 aromatic carbocycles. The van der Waals surface area contributed by atoms with E-state index in [0.717, 1.165) is 16.9 Å². The molecule has 0 aromatic heterocycles. The van der Waals surface area contributed by atoms with Crippen molar-refractivity contribution < 1.29 is 14.3 Å². The fourth-order valence-electron chi connectivity index (χ4n) is 2.45. The summed E-state index contributed by atoms with van der Waals surface area (Å²) < 4.78 is 5.20. The molecular weight excluding hydrogens is 256 g/mol. The molecule has 1 aliphatic rings. The maximum absolute atomic E-state index is 12.3. The summed E-state index contributed by atoms with van der Waals surface area (Å²) in [5.41, 5.74) is 1.94. The molecule has 2 rings (SSSR count). The third-order valence-corrected chi connectivity index (χ3v) is 3.63. The smallest absolute Gasteiger partial charge is 0.242 e. The third-order valence-electron chi connectivity index (χ3n) is 3.63. The molecule has 20 heavy (non-hydrogen) atoms. The number of methoxy groups -OCH3 is 1. The summed E-state index contributed by atoms with van der Waals surface area (Å²) in [5, 5.41) is 2.76. The van der Waals surface area contributed by atoms with Crippen molar-refractivity contribution in [2.75, 3.05) is 20.2 Å². The zero-order valence-corrected chi connectivity index (χ0v) is 12.1. The predicted octanol–water partition coefficient (Wildman–Crippen LogP) is 0.893. The van der Waals surface area contributed by atoms with Gasteiger partial charge < -0.3 is 15.0 Å². The molecule has 1 fully saturated rings. The number of rotatable bonds is 3. The van der Waals surface area contributed by atoms with Crippen LogP contribution in [0.2, 0.25) is 0 Å². The minimum Gasteiger partial charge on any atom is -0.496 e. The van der Waals surface area contributed by atoms with E-state index in [1.165, 1.54) is 0 Å². The number of piperazine rings is 1. The minimum atomic E-state index is -0.393. The zero-order chi connectivity index (χ0) is 14.7. The second kappa shape index (κ2) is 5.94. The van der Waals surface area contributed by atoms with Gasteiger partial charge in [-0.1, -0.05) is 12.1 Å². The molecule has 0 saturated carbocycles. The van der Waals surface area contributed by atoms with E-state index < -0.39 is 6.04 Å². The molecule has 1 atom stereocenters. The molecule has 0 spiro atoms. The van der Waals surface area contributed by atoms with Gasteiger partial charge in [0.25, 0.3) is 0 Å². The number of ether oxygens (including phenoxy) is 1. The molecule has 5 heteroatoms. The Morgan fingerprint density at radius 3 is 2.90 bits per heavy atom. The molecule has 1 N–H and O–H groups in total. The summed E-state index contributed by atoms with van der Waals surface area (Å²) in [4.78, 5) is 25.5. The summed E-state index contributed by atoms with van der Waals surface area (Å²) in [7, 11) is 1.63. The number of hydrogen-bond acceptors (Lipinski definition) is 3.